The highest BCUT2D eigenvalue weighted by atomic mass is 35.5. The summed E-state index contributed by atoms with van der Waals surface area (Å²) in [6, 6.07) is 0. The maximum Gasteiger partial charge on any atom is 0.308 e. The summed E-state index contributed by atoms with van der Waals surface area (Å²) in [7, 11) is 1.43. The second-order valence-electron chi connectivity index (χ2n) is 7.99. The molecule has 2 unspecified atom stereocenters. The summed E-state index contributed by atoms with van der Waals surface area (Å²) >= 11 is 0. The van der Waals surface area contributed by atoms with Gasteiger partial charge in [-0.15, -0.1) is 22.6 Å². The number of esters is 1. The molecule has 1 aliphatic carbocycles. The standard InChI is InChI=1S/C19H29N5O3.ClH/c1-27-19(26)15-4-2-3-14(11-15)18(25)23-8-5-13(6-9-23)17-22-21-16-12-20-7-10-24(16)17;/h13-15,20H,2-12H2,1H3;1H. The molecule has 1 saturated heterocycles. The molecular formula is C19H30ClN5O3. The number of carbonyl (C=O) groups is 2. The fraction of sp³-hybridized carbons (Fsp3) is 0.789. The van der Waals surface area contributed by atoms with Gasteiger partial charge >= 0.3 is 5.97 Å². The van der Waals surface area contributed by atoms with Crippen LogP contribution in [0, 0.1) is 11.8 Å². The highest BCUT2D eigenvalue weighted by Gasteiger charge is 2.36. The normalized spacial score (nSPS) is 25.5. The van der Waals surface area contributed by atoms with Gasteiger partial charge in [-0.05, 0) is 32.1 Å². The average molecular weight is 412 g/mol. The third-order valence-corrected chi connectivity index (χ3v) is 6.38. The van der Waals surface area contributed by atoms with E-state index in [1.807, 2.05) is 4.90 Å². The number of nitrogens with one attached hydrogen (secondary N) is 1. The number of methoxy groups -OCH3 is 1. The Morgan fingerprint density at radius 1 is 1.07 bits per heavy atom. The molecule has 28 heavy (non-hydrogen) atoms. The molecule has 1 aromatic rings. The Labute approximate surface area is 171 Å². The molecule has 4 rings (SSSR count). The molecule has 2 fully saturated rings. The first kappa shape index (κ1) is 21.0. The van der Waals surface area contributed by atoms with Gasteiger partial charge in [0.2, 0.25) is 5.91 Å². The van der Waals surface area contributed by atoms with Gasteiger partial charge in [0.15, 0.2) is 0 Å². The van der Waals surface area contributed by atoms with Crippen molar-refractivity contribution >= 4 is 24.3 Å². The Morgan fingerprint density at radius 3 is 2.57 bits per heavy atom. The van der Waals surface area contributed by atoms with Gasteiger partial charge in [0.05, 0.1) is 19.6 Å². The van der Waals surface area contributed by atoms with Crippen molar-refractivity contribution in [2.45, 2.75) is 57.5 Å². The molecule has 8 nitrogen and oxygen atoms in total. The molecule has 1 N–H and O–H groups in total. The van der Waals surface area contributed by atoms with Crippen LogP contribution in [-0.4, -0.2) is 58.3 Å². The minimum absolute atomic E-state index is 0. The molecule has 9 heteroatoms. The second-order valence-corrected chi connectivity index (χ2v) is 7.99. The van der Waals surface area contributed by atoms with Crippen molar-refractivity contribution in [2.75, 3.05) is 26.7 Å². The van der Waals surface area contributed by atoms with Gasteiger partial charge in [-0.25, -0.2) is 0 Å². The molecule has 1 saturated carbocycles. The van der Waals surface area contributed by atoms with Crippen LogP contribution in [0.2, 0.25) is 0 Å². The predicted molar refractivity (Wildman–Crippen MR) is 105 cm³/mol. The topological polar surface area (TPSA) is 89.4 Å². The van der Waals surface area contributed by atoms with Crippen LogP contribution in [0.4, 0.5) is 0 Å². The van der Waals surface area contributed by atoms with E-state index in [4.69, 9.17) is 4.74 Å². The third kappa shape index (κ3) is 4.17. The number of halogens is 1. The lowest BCUT2D eigenvalue weighted by molar-refractivity contribution is -0.148. The van der Waals surface area contributed by atoms with E-state index in [2.05, 4.69) is 20.1 Å². The van der Waals surface area contributed by atoms with E-state index in [1.54, 1.807) is 0 Å². The first-order valence-corrected chi connectivity index (χ1v) is 10.2. The average Bonchev–Trinajstić information content (AvgIpc) is 3.17. The van der Waals surface area contributed by atoms with Crippen LogP contribution in [0.25, 0.3) is 0 Å². The number of piperidine rings is 1. The second kappa shape index (κ2) is 9.22. The van der Waals surface area contributed by atoms with Crippen LogP contribution >= 0.6 is 12.4 Å². The minimum atomic E-state index is -0.169. The smallest absolute Gasteiger partial charge is 0.308 e. The number of hydrogen-bond acceptors (Lipinski definition) is 6. The van der Waals surface area contributed by atoms with E-state index in [0.717, 1.165) is 76.5 Å². The van der Waals surface area contributed by atoms with E-state index < -0.39 is 0 Å². The fourth-order valence-electron chi connectivity index (χ4n) is 4.83. The molecule has 2 atom stereocenters. The Morgan fingerprint density at radius 2 is 1.82 bits per heavy atom. The zero-order valence-electron chi connectivity index (χ0n) is 16.4. The van der Waals surface area contributed by atoms with Crippen LogP contribution in [0.3, 0.4) is 0 Å². The Hall–Kier alpha value is -1.67. The first-order chi connectivity index (χ1) is 13.2. The van der Waals surface area contributed by atoms with Crippen molar-refractivity contribution < 1.29 is 14.3 Å². The number of rotatable bonds is 3. The molecular weight excluding hydrogens is 382 g/mol. The van der Waals surface area contributed by atoms with Crippen molar-refractivity contribution in [2.24, 2.45) is 11.8 Å². The van der Waals surface area contributed by atoms with Crippen LogP contribution in [0.5, 0.6) is 0 Å². The summed E-state index contributed by atoms with van der Waals surface area (Å²) in [5.74, 6) is 2.37. The zero-order valence-corrected chi connectivity index (χ0v) is 17.2. The van der Waals surface area contributed by atoms with Gasteiger partial charge in [0.1, 0.15) is 11.6 Å². The highest BCUT2D eigenvalue weighted by molar-refractivity contribution is 5.85. The van der Waals surface area contributed by atoms with Gasteiger partial charge in [-0.1, -0.05) is 6.42 Å². The molecule has 0 bridgehead atoms. The number of aromatic nitrogens is 3. The molecule has 0 radical (unpaired) electrons. The maximum absolute atomic E-state index is 13.0. The third-order valence-electron chi connectivity index (χ3n) is 6.38. The van der Waals surface area contributed by atoms with Gasteiger partial charge < -0.3 is 19.5 Å². The van der Waals surface area contributed by atoms with Crippen LogP contribution < -0.4 is 5.32 Å². The Balaban J connectivity index is 0.00000225. The number of nitrogens with zero attached hydrogens (tertiary/aromatic N) is 4. The monoisotopic (exact) mass is 411 g/mol. The summed E-state index contributed by atoms with van der Waals surface area (Å²) in [6.07, 6.45) is 5.15. The molecule has 3 heterocycles. The molecule has 3 aliphatic rings. The number of likely N-dealkylation sites (tertiary alicyclic amines) is 1. The van der Waals surface area contributed by atoms with E-state index in [0.29, 0.717) is 12.3 Å². The number of ether oxygens (including phenoxy) is 1. The number of hydrogen-bond donors (Lipinski definition) is 1. The number of fused-ring (bicyclic) bond motifs is 1. The van der Waals surface area contributed by atoms with E-state index in [9.17, 15) is 9.59 Å². The van der Waals surface area contributed by atoms with Gasteiger partial charge in [0.25, 0.3) is 0 Å². The minimum Gasteiger partial charge on any atom is -0.469 e. The Bertz CT molecular complexity index is 702. The van der Waals surface area contributed by atoms with Crippen molar-refractivity contribution in [1.82, 2.24) is 25.0 Å². The van der Waals surface area contributed by atoms with E-state index >= 15 is 0 Å². The fourth-order valence-corrected chi connectivity index (χ4v) is 4.83. The van der Waals surface area contributed by atoms with Crippen molar-refractivity contribution in [1.29, 1.82) is 0 Å². The van der Waals surface area contributed by atoms with Gasteiger partial charge in [-0.3, -0.25) is 9.59 Å². The van der Waals surface area contributed by atoms with Crippen molar-refractivity contribution in [3.8, 4) is 0 Å². The van der Waals surface area contributed by atoms with Crippen LogP contribution in [-0.2, 0) is 27.4 Å². The van der Waals surface area contributed by atoms with Crippen LogP contribution in [0.1, 0.15) is 56.1 Å². The van der Waals surface area contributed by atoms with Gasteiger partial charge in [-0.2, -0.15) is 0 Å². The van der Waals surface area contributed by atoms with Crippen LogP contribution in [0.15, 0.2) is 0 Å². The lowest BCUT2D eigenvalue weighted by Gasteiger charge is -2.36. The van der Waals surface area contributed by atoms with Crippen molar-refractivity contribution in [3.05, 3.63) is 11.6 Å². The molecule has 2 aliphatic heterocycles. The Kier molecular flexibility index (Phi) is 6.93. The molecule has 1 aromatic heterocycles. The summed E-state index contributed by atoms with van der Waals surface area (Å²) in [4.78, 5) is 26.8. The molecule has 0 spiro atoms. The summed E-state index contributed by atoms with van der Waals surface area (Å²) in [5, 5.41) is 12.1. The molecule has 1 amide bonds. The largest absolute Gasteiger partial charge is 0.469 e. The zero-order chi connectivity index (χ0) is 18.8. The van der Waals surface area contributed by atoms with E-state index in [-0.39, 0.29) is 36.1 Å². The maximum atomic E-state index is 13.0. The highest BCUT2D eigenvalue weighted by Crippen LogP contribution is 2.33. The quantitative estimate of drug-likeness (QED) is 0.758. The summed E-state index contributed by atoms with van der Waals surface area (Å²) < 4.78 is 7.13. The SMILES string of the molecule is COC(=O)C1CCCC(C(=O)N2CCC(c3nnc4n3CCNC4)CC2)C1.Cl. The summed E-state index contributed by atoms with van der Waals surface area (Å²) in [5.41, 5.74) is 0. The molecule has 156 valence electrons. The first-order valence-electron chi connectivity index (χ1n) is 10.2. The predicted octanol–water partition coefficient (Wildman–Crippen LogP) is 1.49. The van der Waals surface area contributed by atoms with Gasteiger partial charge in [0, 0.05) is 38.0 Å². The molecule has 0 aromatic carbocycles. The van der Waals surface area contributed by atoms with Crippen molar-refractivity contribution in [3.63, 3.8) is 0 Å². The lowest BCUT2D eigenvalue weighted by atomic mass is 9.80. The number of carbonyl (C=O) groups excluding carboxylic acids is 2. The number of amides is 1. The summed E-state index contributed by atoms with van der Waals surface area (Å²) in [6.45, 7) is 4.20. The lowest BCUT2D eigenvalue weighted by Crippen LogP contribution is -2.43. The van der Waals surface area contributed by atoms with E-state index in [1.165, 1.54) is 7.11 Å².